The molecule has 1 aromatic heterocycles. The van der Waals surface area contributed by atoms with Crippen LogP contribution in [0.15, 0.2) is 36.5 Å². The van der Waals surface area contributed by atoms with Crippen molar-refractivity contribution in [2.24, 2.45) is 11.1 Å². The van der Waals surface area contributed by atoms with E-state index in [1.807, 2.05) is 23.1 Å². The first-order chi connectivity index (χ1) is 18.3. The van der Waals surface area contributed by atoms with E-state index in [1.165, 1.54) is 0 Å². The van der Waals surface area contributed by atoms with Gasteiger partial charge in [-0.05, 0) is 73.5 Å². The fourth-order valence-electron chi connectivity index (χ4n) is 5.08. The zero-order valence-electron chi connectivity index (χ0n) is 21.3. The van der Waals surface area contributed by atoms with Crippen molar-refractivity contribution < 1.29 is 28.1 Å². The molecule has 1 fully saturated rings. The number of rotatable bonds is 8. The maximum absolute atomic E-state index is 13.8. The lowest BCUT2D eigenvalue weighted by atomic mass is 9.74. The molecule has 0 bridgehead atoms. The van der Waals surface area contributed by atoms with Gasteiger partial charge in [0.1, 0.15) is 23.2 Å². The molecule has 0 aliphatic carbocycles. The Balaban J connectivity index is 1.40. The highest BCUT2D eigenvalue weighted by Gasteiger charge is 2.34. The molecule has 0 amide bonds. The molecule has 1 atom stereocenters. The minimum Gasteiger partial charge on any atom is -0.497 e. The van der Waals surface area contributed by atoms with Gasteiger partial charge in [0.15, 0.2) is 0 Å². The van der Waals surface area contributed by atoms with Gasteiger partial charge in [0, 0.05) is 36.9 Å². The third-order valence-electron chi connectivity index (χ3n) is 7.48. The van der Waals surface area contributed by atoms with Crippen LogP contribution in [0.2, 0.25) is 0 Å². The minimum absolute atomic E-state index is 0.0140. The molecule has 202 valence electrons. The monoisotopic (exact) mass is 527 g/mol. The topological polar surface area (TPSA) is 91.8 Å². The van der Waals surface area contributed by atoms with E-state index in [0.717, 1.165) is 22.0 Å². The van der Waals surface area contributed by atoms with Gasteiger partial charge in [0.25, 0.3) is 0 Å². The van der Waals surface area contributed by atoms with Crippen LogP contribution in [0.25, 0.3) is 10.9 Å². The summed E-state index contributed by atoms with van der Waals surface area (Å²) in [6.07, 6.45) is 3.32. The Bertz CT molecular complexity index is 1320. The number of piperidine rings is 1. The Labute approximate surface area is 220 Å². The zero-order chi connectivity index (χ0) is 27.3. The van der Waals surface area contributed by atoms with E-state index in [2.05, 4.69) is 16.8 Å². The number of aliphatic hydroxyl groups is 2. The average molecular weight is 528 g/mol. The van der Waals surface area contributed by atoms with Gasteiger partial charge >= 0.3 is 0 Å². The predicted octanol–water partition coefficient (Wildman–Crippen LogP) is 4.06. The number of benzene rings is 2. The van der Waals surface area contributed by atoms with Gasteiger partial charge in [-0.25, -0.2) is 13.2 Å². The summed E-state index contributed by atoms with van der Waals surface area (Å²) in [6, 6.07) is 6.74. The molecule has 4 N–H and O–H groups in total. The highest BCUT2D eigenvalue weighted by molar-refractivity contribution is 5.85. The van der Waals surface area contributed by atoms with Crippen LogP contribution in [0.4, 0.5) is 13.2 Å². The standard InChI is InChI=1S/C29H32F3N3O3/c1-38-21-4-5-26-23(15-21)28(19(16-33)17-34-26)27(37)6-7-29(18-36)8-11-35(12-9-29)10-2-3-22-24(31)13-20(30)14-25(22)32/h4-5,13-15,17,27,36-37H,6-12,16,18,33H2,1H3. The second-order valence-electron chi connectivity index (χ2n) is 9.82. The van der Waals surface area contributed by atoms with Crippen molar-refractivity contribution in [3.8, 4) is 17.6 Å². The van der Waals surface area contributed by atoms with E-state index in [1.54, 1.807) is 13.3 Å². The first-order valence-electron chi connectivity index (χ1n) is 12.6. The van der Waals surface area contributed by atoms with Gasteiger partial charge in [-0.2, -0.15) is 0 Å². The molecule has 3 aromatic rings. The lowest BCUT2D eigenvalue weighted by molar-refractivity contribution is 0.0272. The molecule has 0 saturated carbocycles. The number of hydrogen-bond acceptors (Lipinski definition) is 6. The lowest BCUT2D eigenvalue weighted by Crippen LogP contribution is -2.42. The minimum atomic E-state index is -1.02. The zero-order valence-corrected chi connectivity index (χ0v) is 21.3. The molecule has 4 rings (SSSR count). The maximum Gasteiger partial charge on any atom is 0.144 e. The van der Waals surface area contributed by atoms with Crippen LogP contribution in [0.5, 0.6) is 5.75 Å². The largest absolute Gasteiger partial charge is 0.497 e. The molecule has 1 saturated heterocycles. The molecule has 0 radical (unpaired) electrons. The van der Waals surface area contributed by atoms with Gasteiger partial charge in [-0.15, -0.1) is 0 Å². The van der Waals surface area contributed by atoms with Gasteiger partial charge in [-0.3, -0.25) is 9.88 Å². The van der Waals surface area contributed by atoms with E-state index >= 15 is 0 Å². The van der Waals surface area contributed by atoms with E-state index in [4.69, 9.17) is 10.5 Å². The van der Waals surface area contributed by atoms with Gasteiger partial charge in [0.2, 0.25) is 0 Å². The lowest BCUT2D eigenvalue weighted by Gasteiger charge is -2.40. The molecule has 2 heterocycles. The number of aliphatic hydroxyl groups excluding tert-OH is 2. The first-order valence-corrected chi connectivity index (χ1v) is 12.6. The Morgan fingerprint density at radius 1 is 1.16 bits per heavy atom. The molecule has 6 nitrogen and oxygen atoms in total. The summed E-state index contributed by atoms with van der Waals surface area (Å²) in [5.74, 6) is 2.87. The average Bonchev–Trinajstić information content (AvgIpc) is 2.92. The van der Waals surface area contributed by atoms with Crippen molar-refractivity contribution >= 4 is 10.9 Å². The smallest absolute Gasteiger partial charge is 0.144 e. The second-order valence-corrected chi connectivity index (χ2v) is 9.82. The quantitative estimate of drug-likeness (QED) is 0.383. The van der Waals surface area contributed by atoms with E-state index in [0.29, 0.717) is 63.2 Å². The number of fused-ring (bicyclic) bond motifs is 1. The number of nitrogens with two attached hydrogens (primary N) is 1. The number of aromatic nitrogens is 1. The summed E-state index contributed by atoms with van der Waals surface area (Å²) in [5, 5.41) is 22.3. The molecule has 1 aliphatic heterocycles. The van der Waals surface area contributed by atoms with Crippen LogP contribution >= 0.6 is 0 Å². The maximum atomic E-state index is 13.8. The van der Waals surface area contributed by atoms with Crippen molar-refractivity contribution in [1.82, 2.24) is 9.88 Å². The SMILES string of the molecule is COc1ccc2ncc(CN)c(C(O)CCC3(CO)CCN(CC#Cc4c(F)cc(F)cc4F)CC3)c2c1. The summed E-state index contributed by atoms with van der Waals surface area (Å²) >= 11 is 0. The van der Waals surface area contributed by atoms with Crippen molar-refractivity contribution in [3.63, 3.8) is 0 Å². The predicted molar refractivity (Wildman–Crippen MR) is 139 cm³/mol. The van der Waals surface area contributed by atoms with Crippen LogP contribution in [0.1, 0.15) is 48.5 Å². The summed E-state index contributed by atoms with van der Waals surface area (Å²) in [7, 11) is 1.58. The van der Waals surface area contributed by atoms with E-state index < -0.39 is 29.1 Å². The molecular formula is C29H32F3N3O3. The van der Waals surface area contributed by atoms with Gasteiger partial charge in [0.05, 0.1) is 30.8 Å². The second kappa shape index (κ2) is 12.1. The van der Waals surface area contributed by atoms with Gasteiger partial charge < -0.3 is 20.7 Å². The highest BCUT2D eigenvalue weighted by Crippen LogP contribution is 2.39. The van der Waals surface area contributed by atoms with Crippen molar-refractivity contribution in [1.29, 1.82) is 0 Å². The molecule has 9 heteroatoms. The third-order valence-corrected chi connectivity index (χ3v) is 7.48. The van der Waals surface area contributed by atoms with Crippen molar-refractivity contribution in [2.75, 3.05) is 33.4 Å². The first kappa shape index (κ1) is 27.9. The summed E-state index contributed by atoms with van der Waals surface area (Å²) < 4.78 is 46.1. The molecule has 0 spiro atoms. The molecular weight excluding hydrogens is 495 g/mol. The summed E-state index contributed by atoms with van der Waals surface area (Å²) in [4.78, 5) is 6.50. The van der Waals surface area contributed by atoms with Crippen LogP contribution in [-0.2, 0) is 6.54 Å². The molecule has 38 heavy (non-hydrogen) atoms. The Hall–Kier alpha value is -3.16. The molecule has 1 aliphatic rings. The highest BCUT2D eigenvalue weighted by atomic mass is 19.1. The fraction of sp³-hybridized carbons (Fsp3) is 0.414. The summed E-state index contributed by atoms with van der Waals surface area (Å²) in [6.45, 7) is 1.80. The van der Waals surface area contributed by atoms with Crippen LogP contribution in [-0.4, -0.2) is 53.4 Å². The fourth-order valence-corrected chi connectivity index (χ4v) is 5.08. The third kappa shape index (κ3) is 6.11. The van der Waals surface area contributed by atoms with Crippen LogP contribution < -0.4 is 10.5 Å². The number of likely N-dealkylation sites (tertiary alicyclic amines) is 1. The van der Waals surface area contributed by atoms with E-state index in [9.17, 15) is 23.4 Å². The van der Waals surface area contributed by atoms with Crippen LogP contribution in [0.3, 0.4) is 0 Å². The molecule has 2 aromatic carbocycles. The van der Waals surface area contributed by atoms with Crippen molar-refractivity contribution in [3.05, 3.63) is 70.7 Å². The number of nitrogens with zero attached hydrogens (tertiary/aromatic N) is 2. The Kier molecular flexibility index (Phi) is 8.90. The number of hydrogen-bond donors (Lipinski definition) is 3. The number of pyridine rings is 1. The van der Waals surface area contributed by atoms with Gasteiger partial charge in [-0.1, -0.05) is 11.8 Å². The van der Waals surface area contributed by atoms with Crippen LogP contribution in [0, 0.1) is 34.7 Å². The Morgan fingerprint density at radius 3 is 2.50 bits per heavy atom. The van der Waals surface area contributed by atoms with E-state index in [-0.39, 0.29) is 18.6 Å². The number of ether oxygens (including phenoxy) is 1. The van der Waals surface area contributed by atoms with Crippen molar-refractivity contribution in [2.45, 2.75) is 38.3 Å². The number of halogens is 3. The summed E-state index contributed by atoms with van der Waals surface area (Å²) in [5.41, 5.74) is 7.39. The number of methoxy groups -OCH3 is 1. The normalized spacial score (nSPS) is 16.2. The molecule has 1 unspecified atom stereocenters. The Morgan fingerprint density at radius 2 is 1.87 bits per heavy atom.